The van der Waals surface area contributed by atoms with Crippen LogP contribution < -0.4 is 15.4 Å². The lowest BCUT2D eigenvalue weighted by molar-refractivity contribution is 0.0952. The molecule has 0 atom stereocenters. The average molecular weight is 417 g/mol. The van der Waals surface area contributed by atoms with Crippen LogP contribution in [0.5, 0.6) is 5.75 Å². The first-order valence-electron chi connectivity index (χ1n) is 8.99. The summed E-state index contributed by atoms with van der Waals surface area (Å²) in [6.45, 7) is 2.73. The van der Waals surface area contributed by atoms with Crippen LogP contribution in [0.4, 0.5) is 5.69 Å². The normalized spacial score (nSPS) is 10.7. The highest BCUT2D eigenvalue weighted by atomic mass is 35.5. The number of carbonyl (C=O) groups is 2. The van der Waals surface area contributed by atoms with E-state index in [2.05, 4.69) is 17.6 Å². The summed E-state index contributed by atoms with van der Waals surface area (Å²) in [5.74, 6) is 0.309. The fourth-order valence-electron chi connectivity index (χ4n) is 2.69. The zero-order chi connectivity index (χ0) is 20.1. The summed E-state index contributed by atoms with van der Waals surface area (Å²) in [5, 5.41) is 6.94. The lowest BCUT2D eigenvalue weighted by Gasteiger charge is -2.07. The highest BCUT2D eigenvalue weighted by Crippen LogP contribution is 2.37. The van der Waals surface area contributed by atoms with Gasteiger partial charge < -0.3 is 15.4 Å². The van der Waals surface area contributed by atoms with Gasteiger partial charge in [-0.1, -0.05) is 24.9 Å². The van der Waals surface area contributed by atoms with Gasteiger partial charge in [0.1, 0.15) is 10.6 Å². The van der Waals surface area contributed by atoms with Gasteiger partial charge in [0.25, 0.3) is 11.8 Å². The van der Waals surface area contributed by atoms with E-state index < -0.39 is 0 Å². The lowest BCUT2D eigenvalue weighted by atomic mass is 10.2. The van der Waals surface area contributed by atoms with Crippen molar-refractivity contribution in [1.82, 2.24) is 5.32 Å². The molecule has 3 aromatic rings. The van der Waals surface area contributed by atoms with Crippen LogP contribution in [0.2, 0.25) is 5.02 Å². The maximum atomic E-state index is 12.7. The van der Waals surface area contributed by atoms with E-state index in [0.29, 0.717) is 33.4 Å². The Bertz CT molecular complexity index is 999. The molecule has 0 radical (unpaired) electrons. The number of anilines is 1. The van der Waals surface area contributed by atoms with Gasteiger partial charge in [-0.2, -0.15) is 0 Å². The van der Waals surface area contributed by atoms with E-state index in [0.717, 1.165) is 22.9 Å². The van der Waals surface area contributed by atoms with Crippen LogP contribution in [-0.4, -0.2) is 25.5 Å². The molecule has 3 rings (SSSR count). The minimum atomic E-state index is -0.287. The van der Waals surface area contributed by atoms with Crippen molar-refractivity contribution in [1.29, 1.82) is 0 Å². The summed E-state index contributed by atoms with van der Waals surface area (Å²) < 4.78 is 6.10. The minimum Gasteiger partial charge on any atom is -0.497 e. The van der Waals surface area contributed by atoms with Crippen LogP contribution in [0.1, 0.15) is 39.8 Å². The van der Waals surface area contributed by atoms with E-state index in [4.69, 9.17) is 16.3 Å². The number of unbranched alkanes of at least 4 members (excludes halogenated alkanes) is 1. The summed E-state index contributed by atoms with van der Waals surface area (Å²) >= 11 is 7.71. The van der Waals surface area contributed by atoms with Gasteiger partial charge in [-0.3, -0.25) is 9.59 Å². The van der Waals surface area contributed by atoms with Gasteiger partial charge in [0.15, 0.2) is 0 Å². The van der Waals surface area contributed by atoms with E-state index >= 15 is 0 Å². The molecule has 0 aliphatic heterocycles. The lowest BCUT2D eigenvalue weighted by Crippen LogP contribution is -2.24. The Morgan fingerprint density at radius 3 is 2.54 bits per heavy atom. The number of amides is 2. The molecule has 28 heavy (non-hydrogen) atoms. The number of rotatable bonds is 7. The van der Waals surface area contributed by atoms with E-state index in [9.17, 15) is 9.59 Å². The highest BCUT2D eigenvalue weighted by Gasteiger charge is 2.18. The fraction of sp³-hybridized carbons (Fsp3) is 0.238. The van der Waals surface area contributed by atoms with Crippen molar-refractivity contribution < 1.29 is 14.3 Å². The maximum absolute atomic E-state index is 12.7. The average Bonchev–Trinajstić information content (AvgIpc) is 3.04. The first-order valence-corrected chi connectivity index (χ1v) is 10.2. The molecule has 0 spiro atoms. The molecule has 146 valence electrons. The van der Waals surface area contributed by atoms with Gasteiger partial charge in [0, 0.05) is 27.9 Å². The van der Waals surface area contributed by atoms with E-state index in [1.165, 1.54) is 11.3 Å². The second-order valence-electron chi connectivity index (χ2n) is 6.25. The molecule has 0 fully saturated rings. The summed E-state index contributed by atoms with van der Waals surface area (Å²) in [6.07, 6.45) is 1.97. The zero-order valence-corrected chi connectivity index (χ0v) is 17.2. The van der Waals surface area contributed by atoms with E-state index in [-0.39, 0.29) is 11.8 Å². The highest BCUT2D eigenvalue weighted by molar-refractivity contribution is 7.21. The van der Waals surface area contributed by atoms with Crippen molar-refractivity contribution in [2.75, 3.05) is 19.0 Å². The molecule has 5 nitrogen and oxygen atoms in total. The van der Waals surface area contributed by atoms with Gasteiger partial charge in [-0.25, -0.2) is 0 Å². The molecule has 0 unspecified atom stereocenters. The molecule has 7 heteroatoms. The van der Waals surface area contributed by atoms with Crippen molar-refractivity contribution in [3.8, 4) is 5.75 Å². The molecule has 2 N–H and O–H groups in total. The zero-order valence-electron chi connectivity index (χ0n) is 15.7. The third-order valence-electron chi connectivity index (χ3n) is 4.26. The number of thiophene rings is 1. The number of carbonyl (C=O) groups excluding carboxylic acids is 2. The number of ether oxygens (including phenoxy) is 1. The monoisotopic (exact) mass is 416 g/mol. The van der Waals surface area contributed by atoms with Gasteiger partial charge in [-0.15, -0.1) is 11.3 Å². The Morgan fingerprint density at radius 2 is 1.86 bits per heavy atom. The van der Waals surface area contributed by atoms with E-state index in [1.807, 2.05) is 18.2 Å². The van der Waals surface area contributed by atoms with Crippen molar-refractivity contribution in [3.63, 3.8) is 0 Å². The first kappa shape index (κ1) is 20.2. The van der Waals surface area contributed by atoms with Crippen LogP contribution in [0.3, 0.4) is 0 Å². The Hall–Kier alpha value is -2.57. The van der Waals surface area contributed by atoms with Gasteiger partial charge >= 0.3 is 0 Å². The Morgan fingerprint density at radius 1 is 1.11 bits per heavy atom. The van der Waals surface area contributed by atoms with Crippen LogP contribution in [0, 0.1) is 0 Å². The number of nitrogens with one attached hydrogen (secondary N) is 2. The number of hydrogen-bond donors (Lipinski definition) is 2. The van der Waals surface area contributed by atoms with Crippen molar-refractivity contribution >= 4 is 50.5 Å². The Kier molecular flexibility index (Phi) is 6.54. The molecule has 0 aliphatic carbocycles. The van der Waals surface area contributed by atoms with E-state index in [1.54, 1.807) is 31.4 Å². The van der Waals surface area contributed by atoms with Crippen molar-refractivity contribution in [3.05, 3.63) is 57.9 Å². The SMILES string of the molecule is CCCCNC(=O)c1ccc(NC(=O)c2sc3cc(OC)ccc3c2Cl)cc1. The molecule has 1 heterocycles. The smallest absolute Gasteiger partial charge is 0.267 e. The van der Waals surface area contributed by atoms with Gasteiger partial charge in [-0.05, 0) is 48.9 Å². The quantitative estimate of drug-likeness (QED) is 0.510. The number of fused-ring (bicyclic) bond motifs is 1. The largest absolute Gasteiger partial charge is 0.497 e. The summed E-state index contributed by atoms with van der Waals surface area (Å²) in [6, 6.07) is 12.3. The predicted octanol–water partition coefficient (Wildman–Crippen LogP) is 5.35. The maximum Gasteiger partial charge on any atom is 0.267 e. The molecule has 2 aromatic carbocycles. The van der Waals surface area contributed by atoms with Crippen LogP contribution in [-0.2, 0) is 0 Å². The predicted molar refractivity (Wildman–Crippen MR) is 115 cm³/mol. The third kappa shape index (κ3) is 4.46. The summed E-state index contributed by atoms with van der Waals surface area (Å²) in [7, 11) is 1.59. The second kappa shape index (κ2) is 9.08. The first-order chi connectivity index (χ1) is 13.5. The molecule has 0 saturated carbocycles. The molecule has 0 aliphatic rings. The third-order valence-corrected chi connectivity index (χ3v) is 5.92. The fourth-order valence-corrected chi connectivity index (χ4v) is 4.13. The number of methoxy groups -OCH3 is 1. The van der Waals surface area contributed by atoms with Crippen LogP contribution >= 0.6 is 22.9 Å². The molecular weight excluding hydrogens is 396 g/mol. The number of benzene rings is 2. The van der Waals surface area contributed by atoms with Gasteiger partial charge in [0.05, 0.1) is 12.1 Å². The molecule has 0 bridgehead atoms. The standard InChI is InChI=1S/C21H21ClN2O3S/c1-3-4-11-23-20(25)13-5-7-14(8-6-13)24-21(26)19-18(22)16-10-9-15(27-2)12-17(16)28-19/h5-10,12H,3-4,11H2,1-2H3,(H,23,25)(H,24,26). The second-order valence-corrected chi connectivity index (χ2v) is 7.68. The molecule has 0 saturated heterocycles. The van der Waals surface area contributed by atoms with Gasteiger partial charge in [0.2, 0.25) is 0 Å². The topological polar surface area (TPSA) is 67.4 Å². The Balaban J connectivity index is 1.71. The molecule has 1 aromatic heterocycles. The number of hydrogen-bond acceptors (Lipinski definition) is 4. The number of halogens is 1. The summed E-state index contributed by atoms with van der Waals surface area (Å²) in [4.78, 5) is 25.1. The van der Waals surface area contributed by atoms with Crippen molar-refractivity contribution in [2.24, 2.45) is 0 Å². The molecule has 2 amide bonds. The minimum absolute atomic E-state index is 0.118. The molecular formula is C21H21ClN2O3S. The van der Waals surface area contributed by atoms with Crippen LogP contribution in [0.15, 0.2) is 42.5 Å². The van der Waals surface area contributed by atoms with Crippen LogP contribution in [0.25, 0.3) is 10.1 Å². The van der Waals surface area contributed by atoms with Crippen molar-refractivity contribution in [2.45, 2.75) is 19.8 Å². The summed E-state index contributed by atoms with van der Waals surface area (Å²) in [5.41, 5.74) is 1.15. The Labute approximate surface area is 172 Å².